The van der Waals surface area contributed by atoms with Gasteiger partial charge < -0.3 is 4.57 Å². The van der Waals surface area contributed by atoms with Gasteiger partial charge in [-0.1, -0.05) is 53.5 Å². The molecule has 5 rings (SSSR count). The summed E-state index contributed by atoms with van der Waals surface area (Å²) in [6.45, 7) is 0. The maximum Gasteiger partial charge on any atom is 0.271 e. The molecule has 3 aromatic carbocycles. The molecule has 0 saturated carbocycles. The molecule has 0 radical (unpaired) electrons. The lowest BCUT2D eigenvalue weighted by Gasteiger charge is -2.17. The molecule has 0 fully saturated rings. The van der Waals surface area contributed by atoms with E-state index in [0.717, 1.165) is 0 Å². The number of fused-ring (bicyclic) bond motifs is 2. The molecule has 7 heteroatoms. The average Bonchev–Trinajstić information content (AvgIpc) is 2.77. The topological polar surface area (TPSA) is 56.9 Å². The number of rotatable bonds is 2. The van der Waals surface area contributed by atoms with Crippen LogP contribution in [0.2, 0.25) is 10.0 Å². The highest BCUT2D eigenvalue weighted by atomic mass is 35.5. The predicted molar refractivity (Wildman–Crippen MR) is 126 cm³/mol. The van der Waals surface area contributed by atoms with Gasteiger partial charge in [0.05, 0.1) is 16.2 Å². The van der Waals surface area contributed by atoms with Crippen LogP contribution in [0.1, 0.15) is 0 Å². The highest BCUT2D eigenvalue weighted by Crippen LogP contribution is 2.31. The van der Waals surface area contributed by atoms with Gasteiger partial charge in [0.15, 0.2) is 11.5 Å². The zero-order chi connectivity index (χ0) is 21.7. The third-order valence-electron chi connectivity index (χ3n) is 5.31. The number of aromatic nitrogens is 3. The Balaban J connectivity index is 2.03. The minimum atomic E-state index is -0.455. The second-order valence-electron chi connectivity index (χ2n) is 7.14. The summed E-state index contributed by atoms with van der Waals surface area (Å²) in [5.41, 5.74) is 1.30. The van der Waals surface area contributed by atoms with Crippen molar-refractivity contribution in [2.75, 3.05) is 0 Å². The molecule has 5 aromatic rings. The molecular weight excluding hydrogens is 433 g/mol. The van der Waals surface area contributed by atoms with Crippen molar-refractivity contribution in [2.45, 2.75) is 0 Å². The minimum Gasteiger partial charge on any atom is -0.328 e. The first kappa shape index (κ1) is 19.5. The normalized spacial score (nSPS) is 11.3. The van der Waals surface area contributed by atoms with Crippen molar-refractivity contribution in [3.8, 4) is 17.1 Å². The summed E-state index contributed by atoms with van der Waals surface area (Å²) in [4.78, 5) is 31.8. The van der Waals surface area contributed by atoms with E-state index in [4.69, 9.17) is 28.2 Å². The molecule has 5 nitrogen and oxygen atoms in total. The summed E-state index contributed by atoms with van der Waals surface area (Å²) in [5.74, 6) is 0.329. The number of aryl methyl sites for hydroxylation is 1. The van der Waals surface area contributed by atoms with E-state index in [1.54, 1.807) is 54.1 Å². The van der Waals surface area contributed by atoms with Gasteiger partial charge in [0, 0.05) is 23.0 Å². The van der Waals surface area contributed by atoms with Gasteiger partial charge in [-0.15, -0.1) is 0 Å². The maximum absolute atomic E-state index is 13.8. The molecule has 0 bridgehead atoms. The Morgan fingerprint density at radius 3 is 2.32 bits per heavy atom. The maximum atomic E-state index is 13.8. The van der Waals surface area contributed by atoms with E-state index in [0.29, 0.717) is 43.7 Å². The van der Waals surface area contributed by atoms with Crippen molar-refractivity contribution in [2.24, 2.45) is 7.05 Å². The van der Waals surface area contributed by atoms with Crippen molar-refractivity contribution in [1.29, 1.82) is 0 Å². The lowest BCUT2D eigenvalue weighted by atomic mass is 10.1. The van der Waals surface area contributed by atoms with Gasteiger partial charge in [-0.2, -0.15) is 0 Å². The summed E-state index contributed by atoms with van der Waals surface area (Å²) < 4.78 is 3.18. The lowest BCUT2D eigenvalue weighted by Crippen LogP contribution is -2.28. The molecule has 31 heavy (non-hydrogen) atoms. The van der Waals surface area contributed by atoms with Crippen LogP contribution in [-0.2, 0) is 7.05 Å². The highest BCUT2D eigenvalue weighted by molar-refractivity contribution is 6.36. The Bertz CT molecular complexity index is 1610. The molecule has 0 unspecified atom stereocenters. The van der Waals surface area contributed by atoms with Crippen molar-refractivity contribution in [3.05, 3.63) is 103 Å². The van der Waals surface area contributed by atoms with Crippen LogP contribution in [-0.4, -0.2) is 14.1 Å². The molecule has 0 aliphatic carbocycles. The third-order valence-corrected chi connectivity index (χ3v) is 5.85. The summed E-state index contributed by atoms with van der Waals surface area (Å²) in [6.07, 6.45) is 0. The van der Waals surface area contributed by atoms with Crippen LogP contribution >= 0.6 is 23.2 Å². The van der Waals surface area contributed by atoms with Crippen molar-refractivity contribution in [3.63, 3.8) is 0 Å². The van der Waals surface area contributed by atoms with Gasteiger partial charge in [-0.05, 0) is 42.5 Å². The largest absolute Gasteiger partial charge is 0.328 e. The Kier molecular flexibility index (Phi) is 4.65. The molecule has 0 spiro atoms. The molecule has 0 aliphatic rings. The molecular formula is C24H15Cl2N3O2. The number of hydrogen-bond donors (Lipinski definition) is 0. The zero-order valence-electron chi connectivity index (χ0n) is 16.3. The Hall–Kier alpha value is -3.41. The SMILES string of the molecule is Cn1c2ccccc2c(=O)c2c(=O)n(-c3ccccc3)c(-c3ccc(Cl)cc3Cl)nc21. The predicted octanol–water partition coefficient (Wildman–Crippen LogP) is 5.21. The van der Waals surface area contributed by atoms with Gasteiger partial charge in [0.25, 0.3) is 5.56 Å². The van der Waals surface area contributed by atoms with Gasteiger partial charge in [0.2, 0.25) is 5.43 Å². The van der Waals surface area contributed by atoms with Crippen LogP contribution in [0.15, 0.2) is 82.4 Å². The molecule has 0 saturated heterocycles. The summed E-state index contributed by atoms with van der Waals surface area (Å²) in [7, 11) is 1.79. The van der Waals surface area contributed by atoms with Gasteiger partial charge in [-0.3, -0.25) is 14.2 Å². The van der Waals surface area contributed by atoms with E-state index in [9.17, 15) is 9.59 Å². The molecule has 152 valence electrons. The van der Waals surface area contributed by atoms with E-state index in [1.807, 2.05) is 30.3 Å². The van der Waals surface area contributed by atoms with Crippen LogP contribution in [0.5, 0.6) is 0 Å². The Morgan fingerprint density at radius 1 is 0.871 bits per heavy atom. The van der Waals surface area contributed by atoms with Gasteiger partial charge in [-0.25, -0.2) is 4.98 Å². The highest BCUT2D eigenvalue weighted by Gasteiger charge is 2.21. The van der Waals surface area contributed by atoms with Crippen LogP contribution < -0.4 is 11.0 Å². The first-order chi connectivity index (χ1) is 15.0. The fourth-order valence-electron chi connectivity index (χ4n) is 3.83. The Labute approximate surface area is 186 Å². The Morgan fingerprint density at radius 2 is 1.58 bits per heavy atom. The average molecular weight is 448 g/mol. The van der Waals surface area contributed by atoms with Crippen molar-refractivity contribution < 1.29 is 0 Å². The van der Waals surface area contributed by atoms with Crippen LogP contribution in [0.25, 0.3) is 39.0 Å². The number of pyridine rings is 1. The van der Waals surface area contributed by atoms with Crippen molar-refractivity contribution >= 4 is 45.1 Å². The monoisotopic (exact) mass is 447 g/mol. The second-order valence-corrected chi connectivity index (χ2v) is 7.98. The van der Waals surface area contributed by atoms with Crippen molar-refractivity contribution in [1.82, 2.24) is 14.1 Å². The zero-order valence-corrected chi connectivity index (χ0v) is 17.9. The van der Waals surface area contributed by atoms with Crippen LogP contribution in [0, 0.1) is 0 Å². The fourth-order valence-corrected chi connectivity index (χ4v) is 4.32. The molecule has 0 amide bonds. The smallest absolute Gasteiger partial charge is 0.271 e. The van der Waals surface area contributed by atoms with E-state index in [1.165, 1.54) is 4.57 Å². The van der Waals surface area contributed by atoms with Gasteiger partial charge >= 0.3 is 0 Å². The van der Waals surface area contributed by atoms with E-state index >= 15 is 0 Å². The standard InChI is InChI=1S/C24H15Cl2N3O2/c1-28-19-10-6-5-9-17(19)21(30)20-23(28)27-22(16-12-11-14(25)13-18(16)26)29(24(20)31)15-7-3-2-4-8-15/h2-13H,1H3. The number of nitrogens with zero attached hydrogens (tertiary/aromatic N) is 3. The number of para-hydroxylation sites is 2. The van der Waals surface area contributed by atoms with Gasteiger partial charge in [0.1, 0.15) is 5.39 Å². The number of halogens is 2. The molecule has 0 aliphatic heterocycles. The summed E-state index contributed by atoms with van der Waals surface area (Å²) >= 11 is 12.6. The molecule has 2 aromatic heterocycles. The second kappa shape index (κ2) is 7.38. The van der Waals surface area contributed by atoms with E-state index in [2.05, 4.69) is 0 Å². The third kappa shape index (κ3) is 3.05. The number of hydrogen-bond acceptors (Lipinski definition) is 3. The lowest BCUT2D eigenvalue weighted by molar-refractivity contribution is 0.924. The molecule has 2 heterocycles. The minimum absolute atomic E-state index is 0.0267. The molecule has 0 N–H and O–H groups in total. The van der Waals surface area contributed by atoms with E-state index in [-0.39, 0.29) is 10.8 Å². The molecule has 0 atom stereocenters. The van der Waals surface area contributed by atoms with Crippen LogP contribution in [0.3, 0.4) is 0 Å². The summed E-state index contributed by atoms with van der Waals surface area (Å²) in [6, 6.07) is 21.2. The first-order valence-corrected chi connectivity index (χ1v) is 10.3. The quantitative estimate of drug-likeness (QED) is 0.349. The summed E-state index contributed by atoms with van der Waals surface area (Å²) in [5, 5.41) is 1.32. The number of benzene rings is 3. The van der Waals surface area contributed by atoms with E-state index < -0.39 is 5.56 Å². The van der Waals surface area contributed by atoms with Crippen LogP contribution in [0.4, 0.5) is 0 Å². The fraction of sp³-hybridized carbons (Fsp3) is 0.0417. The first-order valence-electron chi connectivity index (χ1n) is 9.52.